The van der Waals surface area contributed by atoms with Crippen LogP contribution in [0.4, 0.5) is 8.78 Å². The van der Waals surface area contributed by atoms with Crippen molar-refractivity contribution in [3.8, 4) is 5.75 Å². The Bertz CT molecular complexity index is 595. The van der Waals surface area contributed by atoms with E-state index >= 15 is 0 Å². The van der Waals surface area contributed by atoms with Gasteiger partial charge in [-0.2, -0.15) is 0 Å². The predicted octanol–water partition coefficient (Wildman–Crippen LogP) is -0.538. The number of nitrogens with one attached hydrogen (secondary N) is 1. The van der Waals surface area contributed by atoms with Crippen LogP contribution in [0.15, 0.2) is 0 Å². The van der Waals surface area contributed by atoms with Gasteiger partial charge in [-0.25, -0.2) is 0 Å². The molecule has 0 bridgehead atoms. The molecule has 0 saturated carbocycles. The van der Waals surface area contributed by atoms with Crippen molar-refractivity contribution >= 4 is 15.1 Å². The molecular formula is C12H13AtF2N2O4. The molecule has 0 heterocycles. The number of carbonyl (C=O) groups excluding carboxylic acids is 1. The van der Waals surface area contributed by atoms with Gasteiger partial charge in [-0.1, -0.05) is 0 Å². The Morgan fingerprint density at radius 3 is 2.43 bits per heavy atom. The zero-order valence-corrected chi connectivity index (χ0v) is 14.1. The number of carbonyl (C=O) groups is 2. The molecule has 0 aliphatic heterocycles. The van der Waals surface area contributed by atoms with Gasteiger partial charge >= 0.3 is 134 Å². The van der Waals surface area contributed by atoms with E-state index in [9.17, 15) is 18.4 Å². The number of aliphatic carboxylic acids is 1. The third-order valence-electron chi connectivity index (χ3n) is 2.78. The molecule has 0 saturated heterocycles. The van der Waals surface area contributed by atoms with Crippen LogP contribution in [0, 0.1) is 36.4 Å². The molecule has 0 spiro atoms. The number of carboxylic acid groups (broad SMARTS) is 1. The number of methoxy groups -OCH3 is 1. The van der Waals surface area contributed by atoms with Crippen LogP contribution < -0.4 is 19.1 Å². The Balaban J connectivity index is 3.60. The third-order valence-corrected chi connectivity index (χ3v) is 4.16. The minimum atomic E-state index is -1.43. The molecule has 116 valence electrons. The Morgan fingerprint density at radius 1 is 1.43 bits per heavy atom. The second-order valence-corrected chi connectivity index (χ2v) is 5.53. The summed E-state index contributed by atoms with van der Waals surface area (Å²) in [6.07, 6.45) is -0.462. The molecular weight excluding hydrogens is 484 g/mol. The van der Waals surface area contributed by atoms with Gasteiger partial charge < -0.3 is 0 Å². The monoisotopic (exact) mass is 497 g/mol. The Labute approximate surface area is 134 Å². The number of amides is 1. The van der Waals surface area contributed by atoms with Crippen LogP contribution in [0.25, 0.3) is 0 Å². The van der Waals surface area contributed by atoms with Crippen LogP contribution in [0.5, 0.6) is 5.75 Å². The van der Waals surface area contributed by atoms with Gasteiger partial charge in [0.15, 0.2) is 0 Å². The van der Waals surface area contributed by atoms with Gasteiger partial charge in [0, 0.05) is 0 Å². The molecule has 0 radical (unpaired) electrons. The van der Waals surface area contributed by atoms with Crippen LogP contribution in [0.1, 0.15) is 15.9 Å². The van der Waals surface area contributed by atoms with Crippen molar-refractivity contribution in [3.63, 3.8) is 0 Å². The molecule has 1 atom stereocenters. The van der Waals surface area contributed by atoms with Crippen molar-refractivity contribution in [2.45, 2.75) is 12.5 Å². The molecule has 0 aliphatic carbocycles. The van der Waals surface area contributed by atoms with Crippen molar-refractivity contribution in [2.75, 3.05) is 14.2 Å². The number of halogens is 2. The van der Waals surface area contributed by atoms with Crippen LogP contribution in [-0.4, -0.2) is 37.2 Å². The van der Waals surface area contributed by atoms with Crippen LogP contribution in [0.2, 0.25) is 0 Å². The van der Waals surface area contributed by atoms with Gasteiger partial charge in [0.2, 0.25) is 0 Å². The molecule has 0 aromatic heterocycles. The van der Waals surface area contributed by atoms with Gasteiger partial charge in [-0.3, -0.25) is 0 Å². The summed E-state index contributed by atoms with van der Waals surface area (Å²) in [6.45, 7) is 0. The number of benzene rings is 1. The zero-order chi connectivity index (χ0) is 16.3. The molecule has 4 N–H and O–H groups in total. The Kier molecular flexibility index (Phi) is 5.98. The summed E-state index contributed by atoms with van der Waals surface area (Å²) >= 11 is 0.808. The molecule has 1 amide bonds. The van der Waals surface area contributed by atoms with E-state index in [4.69, 9.17) is 10.8 Å². The van der Waals surface area contributed by atoms with E-state index in [0.717, 1.165) is 31.8 Å². The first kappa shape index (κ1) is 17.7. The van der Waals surface area contributed by atoms with E-state index in [1.165, 1.54) is 7.05 Å². The van der Waals surface area contributed by atoms with Crippen molar-refractivity contribution < 1.29 is 52.9 Å². The van der Waals surface area contributed by atoms with Gasteiger partial charge in [0.25, 0.3) is 0 Å². The summed E-state index contributed by atoms with van der Waals surface area (Å²) < 4.78 is 32.9. The molecule has 21 heavy (non-hydrogen) atoms. The summed E-state index contributed by atoms with van der Waals surface area (Å²) in [5, 5.41) is 11.1. The number of rotatable bonds is 5. The first-order chi connectivity index (χ1) is 9.76. The fraction of sp³-hybridized carbons (Fsp3) is 0.333. The molecule has 0 aliphatic rings. The maximum absolute atomic E-state index is 14.3. The van der Waals surface area contributed by atoms with E-state index in [1.807, 2.05) is 0 Å². The Hall–Kier alpha value is -1.34. The normalized spacial score (nSPS) is 11.9. The van der Waals surface area contributed by atoms with Crippen molar-refractivity contribution in [3.05, 3.63) is 22.8 Å². The standard InChI is InChI=1S/C12H13AtF2N2O4/c1-17-11(18)6-4(3-5(16)12(19)20)8(14)10(21-2)9(15)7(6)13/h5H,3,16H2,1-2H3,(H,17,18)(H,19,20). The first-order valence-corrected chi connectivity index (χ1v) is 7.16. The summed E-state index contributed by atoms with van der Waals surface area (Å²) in [5.74, 6) is -4.85. The van der Waals surface area contributed by atoms with E-state index < -0.39 is 41.7 Å². The predicted molar refractivity (Wildman–Crippen MR) is 65.2 cm³/mol. The molecule has 1 aromatic rings. The maximum atomic E-state index is 14.3. The summed E-state index contributed by atoms with van der Waals surface area (Å²) in [5.41, 5.74) is 4.85. The van der Waals surface area contributed by atoms with Crippen molar-refractivity contribution in [1.82, 2.24) is 5.32 Å². The van der Waals surface area contributed by atoms with Gasteiger partial charge in [0.1, 0.15) is 0 Å². The van der Waals surface area contributed by atoms with Crippen LogP contribution >= 0.6 is 0 Å². The number of nitrogens with two attached hydrogens (primary N) is 1. The van der Waals surface area contributed by atoms with Crippen molar-refractivity contribution in [2.24, 2.45) is 5.73 Å². The second kappa shape index (κ2) is 7.09. The SMILES string of the molecule is CNC(=O)c1c([At])c(F)c(OC)c(F)c1CC(N)C(=O)O. The molecule has 1 unspecified atom stereocenters. The van der Waals surface area contributed by atoms with Gasteiger partial charge in [-0.15, -0.1) is 0 Å². The fourth-order valence-electron chi connectivity index (χ4n) is 1.72. The molecule has 0 fully saturated rings. The minimum absolute atomic E-state index is 0.0832. The number of hydrogen-bond donors (Lipinski definition) is 3. The molecule has 1 aromatic carbocycles. The zero-order valence-electron chi connectivity index (χ0n) is 11.2. The van der Waals surface area contributed by atoms with Crippen LogP contribution in [-0.2, 0) is 11.2 Å². The summed E-state index contributed by atoms with van der Waals surface area (Å²) in [6, 6.07) is -1.43. The molecule has 1 rings (SSSR count). The van der Waals surface area contributed by atoms with E-state index in [1.54, 1.807) is 0 Å². The van der Waals surface area contributed by atoms with Crippen molar-refractivity contribution in [1.29, 1.82) is 0 Å². The van der Waals surface area contributed by atoms with Gasteiger partial charge in [-0.05, 0) is 0 Å². The summed E-state index contributed by atoms with van der Waals surface area (Å²) in [4.78, 5) is 22.7. The number of ether oxygens (including phenoxy) is 1. The number of carboxylic acids is 1. The average molecular weight is 497 g/mol. The van der Waals surface area contributed by atoms with Gasteiger partial charge in [0.05, 0.1) is 0 Å². The topological polar surface area (TPSA) is 102 Å². The first-order valence-electron chi connectivity index (χ1n) is 5.69. The van der Waals surface area contributed by atoms with E-state index in [2.05, 4.69) is 10.1 Å². The molecule has 9 heteroatoms. The third kappa shape index (κ3) is 3.47. The number of hydrogen-bond acceptors (Lipinski definition) is 4. The Morgan fingerprint density at radius 2 is 2.00 bits per heavy atom. The second-order valence-electron chi connectivity index (χ2n) is 4.06. The quantitative estimate of drug-likeness (QED) is 0.508. The average Bonchev–Trinajstić information content (AvgIpc) is 2.44. The van der Waals surface area contributed by atoms with Crippen LogP contribution in [0.3, 0.4) is 0 Å². The van der Waals surface area contributed by atoms with E-state index in [0.29, 0.717) is 0 Å². The fourth-order valence-corrected chi connectivity index (χ4v) is 2.84. The summed E-state index contributed by atoms with van der Waals surface area (Å²) in [7, 11) is 2.38. The van der Waals surface area contributed by atoms with E-state index in [-0.39, 0.29) is 14.4 Å². The molecule has 6 nitrogen and oxygen atoms in total.